The van der Waals surface area contributed by atoms with Crippen LogP contribution in [0.5, 0.6) is 0 Å². The molecule has 4 heterocycles. The van der Waals surface area contributed by atoms with Crippen molar-refractivity contribution >= 4 is 23.1 Å². The van der Waals surface area contributed by atoms with Gasteiger partial charge in [-0.05, 0) is 61.7 Å². The number of fused-ring (bicyclic) bond motifs is 1. The standard InChI is InChI=1S/C33H33N7O3/c1-4-15-40-32(42)24-13-12-23(16-26(24)33(40,2)3)36-29-17-27(37-28(20-41)21-9-6-5-7-10-21)25(19-35-29)31-38-30(39-43-31)22-11-8-14-34-18-22/h5-14,16-19,28,41H,4,15,20H2,1-3H3,(H2,35,36,37)/t28-/m1/s1. The average Bonchev–Trinajstić information content (AvgIpc) is 3.59. The van der Waals surface area contributed by atoms with Crippen LogP contribution >= 0.6 is 0 Å². The van der Waals surface area contributed by atoms with Crippen LogP contribution < -0.4 is 10.6 Å². The maximum absolute atomic E-state index is 13.1. The average molecular weight is 576 g/mol. The number of aromatic nitrogens is 4. The number of pyridine rings is 2. The molecule has 0 unspecified atom stereocenters. The largest absolute Gasteiger partial charge is 0.394 e. The molecule has 2 aromatic carbocycles. The first-order valence-electron chi connectivity index (χ1n) is 14.3. The molecule has 218 valence electrons. The van der Waals surface area contributed by atoms with Crippen LogP contribution in [0.25, 0.3) is 22.8 Å². The van der Waals surface area contributed by atoms with E-state index in [0.29, 0.717) is 29.4 Å². The van der Waals surface area contributed by atoms with Gasteiger partial charge in [-0.1, -0.05) is 42.4 Å². The number of carbonyl (C=O) groups is 1. The molecule has 3 N–H and O–H groups in total. The lowest BCUT2D eigenvalue weighted by Gasteiger charge is -2.32. The molecular formula is C33H33N7O3. The highest BCUT2D eigenvalue weighted by atomic mass is 16.5. The Morgan fingerprint density at radius 1 is 1.02 bits per heavy atom. The predicted molar refractivity (Wildman–Crippen MR) is 165 cm³/mol. The molecule has 1 atom stereocenters. The van der Waals surface area contributed by atoms with Crippen molar-refractivity contribution in [2.45, 2.75) is 38.8 Å². The second-order valence-electron chi connectivity index (χ2n) is 11.0. The third-order valence-electron chi connectivity index (χ3n) is 7.74. The summed E-state index contributed by atoms with van der Waals surface area (Å²) in [5, 5.41) is 21.3. The number of rotatable bonds is 10. The summed E-state index contributed by atoms with van der Waals surface area (Å²) in [5.74, 6) is 1.31. The second-order valence-corrected chi connectivity index (χ2v) is 11.0. The fourth-order valence-electron chi connectivity index (χ4n) is 5.48. The molecular weight excluding hydrogens is 542 g/mol. The van der Waals surface area contributed by atoms with Gasteiger partial charge in [0, 0.05) is 48.0 Å². The summed E-state index contributed by atoms with van der Waals surface area (Å²) in [6.45, 7) is 6.80. The topological polar surface area (TPSA) is 129 Å². The van der Waals surface area contributed by atoms with Crippen LogP contribution in [0.4, 0.5) is 17.2 Å². The van der Waals surface area contributed by atoms with Crippen LogP contribution in [0.1, 0.15) is 54.7 Å². The van der Waals surface area contributed by atoms with Crippen LogP contribution in [0.2, 0.25) is 0 Å². The number of aliphatic hydroxyl groups excluding tert-OH is 1. The van der Waals surface area contributed by atoms with E-state index in [2.05, 4.69) is 51.5 Å². The molecule has 1 aliphatic heterocycles. The first-order chi connectivity index (χ1) is 20.9. The van der Waals surface area contributed by atoms with Gasteiger partial charge in [-0.15, -0.1) is 0 Å². The Hall–Kier alpha value is -5.09. The summed E-state index contributed by atoms with van der Waals surface area (Å²) in [7, 11) is 0. The predicted octanol–water partition coefficient (Wildman–Crippen LogP) is 6.18. The second kappa shape index (κ2) is 11.7. The van der Waals surface area contributed by atoms with Crippen LogP contribution in [-0.2, 0) is 5.54 Å². The first-order valence-corrected chi connectivity index (χ1v) is 14.3. The Kier molecular flexibility index (Phi) is 7.60. The smallest absolute Gasteiger partial charge is 0.261 e. The molecule has 6 rings (SSSR count). The zero-order valence-corrected chi connectivity index (χ0v) is 24.3. The lowest BCUT2D eigenvalue weighted by Crippen LogP contribution is -2.39. The van der Waals surface area contributed by atoms with E-state index >= 15 is 0 Å². The summed E-state index contributed by atoms with van der Waals surface area (Å²) in [4.78, 5) is 28.4. The summed E-state index contributed by atoms with van der Waals surface area (Å²) in [5.41, 5.74) is 4.97. The highest BCUT2D eigenvalue weighted by Crippen LogP contribution is 2.40. The molecule has 0 saturated carbocycles. The number of anilines is 3. The van der Waals surface area contributed by atoms with Crippen LogP contribution in [0.3, 0.4) is 0 Å². The fraction of sp³-hybridized carbons (Fsp3) is 0.242. The van der Waals surface area contributed by atoms with Gasteiger partial charge in [0.25, 0.3) is 11.8 Å². The van der Waals surface area contributed by atoms with Crippen molar-refractivity contribution in [3.05, 3.63) is 102 Å². The van der Waals surface area contributed by atoms with Gasteiger partial charge in [0.15, 0.2) is 0 Å². The molecule has 5 aromatic rings. The number of carbonyl (C=O) groups excluding carboxylic acids is 1. The van der Waals surface area contributed by atoms with Crippen molar-refractivity contribution in [3.8, 4) is 22.8 Å². The Labute approximate surface area is 249 Å². The molecule has 1 amide bonds. The quantitative estimate of drug-likeness (QED) is 0.179. The van der Waals surface area contributed by atoms with Crippen molar-refractivity contribution in [2.24, 2.45) is 0 Å². The molecule has 0 aliphatic carbocycles. The minimum absolute atomic E-state index is 0.0588. The maximum atomic E-state index is 13.1. The highest BCUT2D eigenvalue weighted by Gasteiger charge is 2.42. The van der Waals surface area contributed by atoms with E-state index in [0.717, 1.165) is 34.4 Å². The molecule has 0 fully saturated rings. The molecule has 10 heteroatoms. The number of hydrogen-bond donors (Lipinski definition) is 3. The van der Waals surface area contributed by atoms with Gasteiger partial charge in [-0.3, -0.25) is 9.78 Å². The number of nitrogens with zero attached hydrogens (tertiary/aromatic N) is 5. The first kappa shape index (κ1) is 28.0. The summed E-state index contributed by atoms with van der Waals surface area (Å²) in [6.07, 6.45) is 5.90. The molecule has 0 radical (unpaired) electrons. The van der Waals surface area contributed by atoms with Gasteiger partial charge in [0.05, 0.1) is 29.4 Å². The van der Waals surface area contributed by atoms with E-state index < -0.39 is 11.6 Å². The zero-order valence-electron chi connectivity index (χ0n) is 24.3. The van der Waals surface area contributed by atoms with E-state index in [4.69, 9.17) is 4.52 Å². The van der Waals surface area contributed by atoms with Crippen LogP contribution in [0, 0.1) is 0 Å². The van der Waals surface area contributed by atoms with Gasteiger partial charge in [-0.25, -0.2) is 4.98 Å². The number of aliphatic hydroxyl groups is 1. The molecule has 0 spiro atoms. The van der Waals surface area contributed by atoms with Crippen LogP contribution in [0.15, 0.2) is 89.8 Å². The number of hydrogen-bond acceptors (Lipinski definition) is 9. The fourth-order valence-corrected chi connectivity index (χ4v) is 5.48. The Bertz CT molecular complexity index is 1740. The maximum Gasteiger partial charge on any atom is 0.261 e. The van der Waals surface area contributed by atoms with E-state index in [9.17, 15) is 9.90 Å². The molecule has 1 aliphatic rings. The molecule has 0 saturated heterocycles. The third-order valence-corrected chi connectivity index (χ3v) is 7.74. The highest BCUT2D eigenvalue weighted by molar-refractivity contribution is 6.00. The SMILES string of the molecule is CCCN1C(=O)c2ccc(Nc3cc(N[C@H](CO)c4ccccc4)c(-c4nc(-c5cccnc5)no4)cn3)cc2C1(C)C. The van der Waals surface area contributed by atoms with Gasteiger partial charge >= 0.3 is 0 Å². The summed E-state index contributed by atoms with van der Waals surface area (Å²) < 4.78 is 5.65. The molecule has 3 aromatic heterocycles. The van der Waals surface area contributed by atoms with Crippen molar-refractivity contribution in [1.82, 2.24) is 25.0 Å². The monoisotopic (exact) mass is 575 g/mol. The van der Waals surface area contributed by atoms with Crippen LogP contribution in [-0.4, -0.2) is 49.2 Å². The lowest BCUT2D eigenvalue weighted by atomic mass is 9.93. The van der Waals surface area contributed by atoms with E-state index in [-0.39, 0.29) is 18.4 Å². The minimum atomic E-state index is -0.419. The van der Waals surface area contributed by atoms with Crippen molar-refractivity contribution in [3.63, 3.8) is 0 Å². The number of amides is 1. The normalized spacial score (nSPS) is 14.4. The lowest BCUT2D eigenvalue weighted by molar-refractivity contribution is 0.0619. The molecule has 43 heavy (non-hydrogen) atoms. The van der Waals surface area contributed by atoms with Gasteiger partial charge < -0.3 is 25.2 Å². The van der Waals surface area contributed by atoms with Gasteiger partial charge in [0.2, 0.25) is 5.82 Å². The number of nitrogens with one attached hydrogen (secondary N) is 2. The summed E-state index contributed by atoms with van der Waals surface area (Å²) in [6, 6.07) is 20.6. The van der Waals surface area contributed by atoms with Crippen molar-refractivity contribution in [1.29, 1.82) is 0 Å². The van der Waals surface area contributed by atoms with Gasteiger partial charge in [0.1, 0.15) is 5.82 Å². The van der Waals surface area contributed by atoms with E-state index in [1.807, 2.05) is 71.6 Å². The zero-order chi connectivity index (χ0) is 30.0. The van der Waals surface area contributed by atoms with Crippen molar-refractivity contribution < 1.29 is 14.4 Å². The summed E-state index contributed by atoms with van der Waals surface area (Å²) >= 11 is 0. The van der Waals surface area contributed by atoms with E-state index in [1.54, 1.807) is 18.6 Å². The minimum Gasteiger partial charge on any atom is -0.394 e. The number of benzene rings is 2. The van der Waals surface area contributed by atoms with E-state index in [1.165, 1.54) is 0 Å². The molecule has 0 bridgehead atoms. The Morgan fingerprint density at radius 2 is 1.86 bits per heavy atom. The van der Waals surface area contributed by atoms with Gasteiger partial charge in [-0.2, -0.15) is 4.98 Å². The Morgan fingerprint density at radius 3 is 2.60 bits per heavy atom. The third kappa shape index (κ3) is 5.44. The van der Waals surface area contributed by atoms with Crippen molar-refractivity contribution in [2.75, 3.05) is 23.8 Å². The molecule has 10 nitrogen and oxygen atoms in total. The Balaban J connectivity index is 1.35.